The van der Waals surface area contributed by atoms with Crippen LogP contribution in [0, 0.1) is 20.8 Å². The number of nitrogens with one attached hydrogen (secondary N) is 2. The Hall–Kier alpha value is -3.12. The summed E-state index contributed by atoms with van der Waals surface area (Å²) in [6.45, 7) is 5.81. The molecule has 0 aromatic heterocycles. The average Bonchev–Trinajstić information content (AvgIpc) is 3.00. The Morgan fingerprint density at radius 1 is 0.909 bits per heavy atom. The van der Waals surface area contributed by atoms with Gasteiger partial charge in [0.05, 0.1) is 0 Å². The number of benzene rings is 2. The van der Waals surface area contributed by atoms with Crippen LogP contribution >= 0.6 is 11.6 Å². The zero-order valence-electron chi connectivity index (χ0n) is 19.1. The van der Waals surface area contributed by atoms with Crippen LogP contribution < -0.4 is 10.6 Å². The fourth-order valence-corrected chi connectivity index (χ4v) is 4.70. The molecular formula is C26H28ClN3O3. The quantitative estimate of drug-likeness (QED) is 0.577. The molecule has 4 rings (SSSR count). The normalized spacial score (nSPS) is 17.0. The van der Waals surface area contributed by atoms with Crippen LogP contribution in [0.2, 0.25) is 0 Å². The van der Waals surface area contributed by atoms with Gasteiger partial charge in [0.25, 0.3) is 17.7 Å². The molecule has 0 saturated heterocycles. The molecule has 1 heterocycles. The van der Waals surface area contributed by atoms with E-state index in [-0.39, 0.29) is 22.7 Å². The van der Waals surface area contributed by atoms with Gasteiger partial charge in [0.1, 0.15) is 10.7 Å². The van der Waals surface area contributed by atoms with Crippen molar-refractivity contribution in [2.45, 2.75) is 58.9 Å². The van der Waals surface area contributed by atoms with E-state index in [2.05, 4.69) is 10.6 Å². The maximum absolute atomic E-state index is 13.1. The molecule has 1 saturated carbocycles. The third-order valence-electron chi connectivity index (χ3n) is 6.39. The Balaban J connectivity index is 1.55. The van der Waals surface area contributed by atoms with Crippen molar-refractivity contribution in [1.82, 2.24) is 4.90 Å². The zero-order chi connectivity index (χ0) is 23.7. The molecule has 0 spiro atoms. The fraction of sp³-hybridized carbons (Fsp3) is 0.346. The van der Waals surface area contributed by atoms with E-state index in [0.717, 1.165) is 54.5 Å². The first-order valence-corrected chi connectivity index (χ1v) is 11.7. The van der Waals surface area contributed by atoms with E-state index < -0.39 is 11.8 Å². The largest absolute Gasteiger partial charge is 0.349 e. The van der Waals surface area contributed by atoms with Crippen LogP contribution in [0.4, 0.5) is 11.4 Å². The lowest BCUT2D eigenvalue weighted by molar-refractivity contribution is -0.140. The van der Waals surface area contributed by atoms with E-state index in [1.165, 1.54) is 4.90 Å². The Morgan fingerprint density at radius 3 is 2.33 bits per heavy atom. The summed E-state index contributed by atoms with van der Waals surface area (Å²) in [6.07, 6.45) is 4.73. The predicted octanol–water partition coefficient (Wildman–Crippen LogP) is 5.43. The van der Waals surface area contributed by atoms with Crippen molar-refractivity contribution in [1.29, 1.82) is 0 Å². The molecule has 3 amide bonds. The summed E-state index contributed by atoms with van der Waals surface area (Å²) < 4.78 is 0. The first-order chi connectivity index (χ1) is 15.8. The number of aryl methyl sites for hydroxylation is 3. The highest BCUT2D eigenvalue weighted by Gasteiger charge is 2.42. The number of rotatable bonds is 5. The Morgan fingerprint density at radius 2 is 1.64 bits per heavy atom. The minimum absolute atomic E-state index is 0.0716. The van der Waals surface area contributed by atoms with Crippen molar-refractivity contribution in [2.75, 3.05) is 10.6 Å². The third kappa shape index (κ3) is 4.67. The van der Waals surface area contributed by atoms with Gasteiger partial charge in [0.15, 0.2) is 0 Å². The lowest BCUT2D eigenvalue weighted by Gasteiger charge is -2.29. The van der Waals surface area contributed by atoms with E-state index in [0.29, 0.717) is 11.3 Å². The van der Waals surface area contributed by atoms with Crippen molar-refractivity contribution in [3.05, 3.63) is 69.4 Å². The first-order valence-electron chi connectivity index (χ1n) is 11.3. The fourth-order valence-electron chi connectivity index (χ4n) is 4.48. The molecule has 2 aliphatic rings. The standard InChI is InChI=1S/C26H28ClN3O3/c1-15-9-12-20(17(3)13-15)29-24(31)18-11-10-16(2)21(14-18)28-23-22(27)25(32)30(26(23)33)19-7-5-4-6-8-19/h9-14,19,28H,4-8H2,1-3H3,(H,29,31). The van der Waals surface area contributed by atoms with Crippen LogP contribution in [0.25, 0.3) is 0 Å². The van der Waals surface area contributed by atoms with Crippen molar-refractivity contribution >= 4 is 40.7 Å². The summed E-state index contributed by atoms with van der Waals surface area (Å²) in [5.41, 5.74) is 4.72. The number of nitrogens with zero attached hydrogens (tertiary/aromatic N) is 1. The molecule has 1 aliphatic heterocycles. The Kier molecular flexibility index (Phi) is 6.56. The van der Waals surface area contributed by atoms with E-state index in [1.807, 2.05) is 39.0 Å². The molecule has 2 aromatic carbocycles. The van der Waals surface area contributed by atoms with E-state index in [9.17, 15) is 14.4 Å². The number of hydrogen-bond acceptors (Lipinski definition) is 4. The maximum atomic E-state index is 13.1. The highest BCUT2D eigenvalue weighted by atomic mass is 35.5. The molecule has 0 atom stereocenters. The van der Waals surface area contributed by atoms with E-state index >= 15 is 0 Å². The van der Waals surface area contributed by atoms with Crippen LogP contribution in [0.5, 0.6) is 0 Å². The minimum atomic E-state index is -0.447. The van der Waals surface area contributed by atoms with Crippen LogP contribution in [0.3, 0.4) is 0 Å². The first kappa shape index (κ1) is 23.1. The number of anilines is 2. The van der Waals surface area contributed by atoms with Gasteiger partial charge >= 0.3 is 0 Å². The Labute approximate surface area is 199 Å². The second-order valence-electron chi connectivity index (χ2n) is 8.89. The highest BCUT2D eigenvalue weighted by molar-refractivity contribution is 6.48. The number of imide groups is 1. The monoisotopic (exact) mass is 465 g/mol. The van der Waals surface area contributed by atoms with Crippen LogP contribution in [0.15, 0.2) is 47.1 Å². The smallest absolute Gasteiger partial charge is 0.279 e. The molecule has 7 heteroatoms. The summed E-state index contributed by atoms with van der Waals surface area (Å²) in [7, 11) is 0. The van der Waals surface area contributed by atoms with Gasteiger partial charge in [-0.2, -0.15) is 0 Å². The molecule has 0 bridgehead atoms. The topological polar surface area (TPSA) is 78.5 Å². The van der Waals surface area contributed by atoms with E-state index in [1.54, 1.807) is 18.2 Å². The van der Waals surface area contributed by atoms with Gasteiger partial charge in [-0.1, -0.05) is 54.6 Å². The zero-order valence-corrected chi connectivity index (χ0v) is 19.9. The molecule has 1 aliphatic carbocycles. The van der Waals surface area contributed by atoms with Crippen molar-refractivity contribution in [2.24, 2.45) is 0 Å². The van der Waals surface area contributed by atoms with Crippen molar-refractivity contribution < 1.29 is 14.4 Å². The van der Waals surface area contributed by atoms with Gasteiger partial charge in [0.2, 0.25) is 0 Å². The van der Waals surface area contributed by atoms with Gasteiger partial charge in [-0.05, 0) is 62.9 Å². The van der Waals surface area contributed by atoms with Gasteiger partial charge in [-0.15, -0.1) is 0 Å². The highest BCUT2D eigenvalue weighted by Crippen LogP contribution is 2.33. The van der Waals surface area contributed by atoms with Crippen LogP contribution in [-0.4, -0.2) is 28.7 Å². The molecule has 2 N–H and O–H groups in total. The number of halogens is 1. The van der Waals surface area contributed by atoms with E-state index in [4.69, 9.17) is 11.6 Å². The number of hydrogen-bond donors (Lipinski definition) is 2. The molecule has 0 unspecified atom stereocenters. The molecule has 2 aromatic rings. The molecule has 33 heavy (non-hydrogen) atoms. The van der Waals surface area contributed by atoms with Crippen LogP contribution in [0.1, 0.15) is 59.2 Å². The Bertz CT molecular complexity index is 1170. The molecule has 172 valence electrons. The number of amides is 3. The molecular weight excluding hydrogens is 438 g/mol. The molecule has 6 nitrogen and oxygen atoms in total. The van der Waals surface area contributed by atoms with Gasteiger partial charge in [-0.25, -0.2) is 0 Å². The van der Waals surface area contributed by atoms with Gasteiger partial charge < -0.3 is 10.6 Å². The SMILES string of the molecule is Cc1ccc(NC(=O)c2ccc(C)c(NC3=C(Cl)C(=O)N(C4CCCCC4)C3=O)c2)c(C)c1. The average molecular weight is 466 g/mol. The van der Waals surface area contributed by atoms with Gasteiger partial charge in [0, 0.05) is 23.0 Å². The summed E-state index contributed by atoms with van der Waals surface area (Å²) in [5, 5.41) is 5.87. The number of carbonyl (C=O) groups excluding carboxylic acids is 3. The second kappa shape index (κ2) is 9.40. The number of carbonyl (C=O) groups is 3. The third-order valence-corrected chi connectivity index (χ3v) is 6.74. The summed E-state index contributed by atoms with van der Waals surface area (Å²) in [5.74, 6) is -1.11. The second-order valence-corrected chi connectivity index (χ2v) is 9.27. The molecule has 1 fully saturated rings. The lowest BCUT2D eigenvalue weighted by atomic mass is 9.94. The minimum Gasteiger partial charge on any atom is -0.349 e. The summed E-state index contributed by atoms with van der Waals surface area (Å²) >= 11 is 6.31. The maximum Gasteiger partial charge on any atom is 0.279 e. The van der Waals surface area contributed by atoms with Crippen molar-refractivity contribution in [3.63, 3.8) is 0 Å². The van der Waals surface area contributed by atoms with Crippen molar-refractivity contribution in [3.8, 4) is 0 Å². The summed E-state index contributed by atoms with van der Waals surface area (Å²) in [4.78, 5) is 40.0. The van der Waals surface area contributed by atoms with Crippen LogP contribution in [-0.2, 0) is 9.59 Å². The summed E-state index contributed by atoms with van der Waals surface area (Å²) in [6, 6.07) is 10.9. The molecule has 0 radical (unpaired) electrons. The van der Waals surface area contributed by atoms with Gasteiger partial charge in [-0.3, -0.25) is 19.3 Å². The predicted molar refractivity (Wildman–Crippen MR) is 130 cm³/mol. The lowest BCUT2D eigenvalue weighted by Crippen LogP contribution is -2.42.